The normalized spacial score (nSPS) is 22.7. The van der Waals surface area contributed by atoms with Gasteiger partial charge in [0.1, 0.15) is 35.5 Å². The quantitative estimate of drug-likeness (QED) is 0.681. The van der Waals surface area contributed by atoms with Crippen molar-refractivity contribution in [1.82, 2.24) is 24.3 Å². The Morgan fingerprint density at radius 1 is 1.10 bits per heavy atom. The molecule has 0 spiro atoms. The molecule has 1 aromatic carbocycles. The monoisotopic (exact) mass is 394 g/mol. The third kappa shape index (κ3) is 2.92. The third-order valence-corrected chi connectivity index (χ3v) is 5.81. The summed E-state index contributed by atoms with van der Waals surface area (Å²) in [6, 6.07) is 6.57. The van der Waals surface area contributed by atoms with Crippen molar-refractivity contribution in [3.05, 3.63) is 75.5 Å². The zero-order valence-corrected chi connectivity index (χ0v) is 15.3. The van der Waals surface area contributed by atoms with Crippen molar-refractivity contribution < 1.29 is 8.78 Å². The Balaban J connectivity index is 1.39. The van der Waals surface area contributed by atoms with Gasteiger partial charge in [0.25, 0.3) is 0 Å². The second kappa shape index (κ2) is 6.58. The fourth-order valence-corrected chi connectivity index (χ4v) is 4.32. The number of hydrogen-bond acceptors (Lipinski definition) is 5. The molecule has 3 aromatic rings. The average Bonchev–Trinajstić information content (AvgIpc) is 3.21. The standard InChI is InChI=1S/C20H16F2N6O/c21-13-3-12(4-14(22)7-13)18-1-2-19-26-28(20(29)27(18)19)16-5-11(6-16)17-8-15(9-23)24-10-25-17/h3-4,7-8,10-11,16,18H,1-2,5-6H2/t11?,16?,18-/m0/s1. The molecule has 5 rings (SSSR count). The van der Waals surface area contributed by atoms with E-state index in [-0.39, 0.29) is 17.6 Å². The van der Waals surface area contributed by atoms with Crippen LogP contribution in [0, 0.1) is 23.0 Å². The molecular weight excluding hydrogens is 378 g/mol. The first kappa shape index (κ1) is 17.7. The van der Waals surface area contributed by atoms with E-state index in [2.05, 4.69) is 15.1 Å². The summed E-state index contributed by atoms with van der Waals surface area (Å²) >= 11 is 0. The Bertz CT molecular complexity index is 1180. The van der Waals surface area contributed by atoms with E-state index in [9.17, 15) is 13.6 Å². The highest BCUT2D eigenvalue weighted by Gasteiger charge is 2.37. The van der Waals surface area contributed by atoms with E-state index in [0.717, 1.165) is 11.8 Å². The molecule has 1 fully saturated rings. The number of halogens is 2. The minimum absolute atomic E-state index is 0.0593. The summed E-state index contributed by atoms with van der Waals surface area (Å²) in [6.45, 7) is 0. The first-order valence-electron chi connectivity index (χ1n) is 9.41. The van der Waals surface area contributed by atoms with E-state index in [1.165, 1.54) is 23.1 Å². The van der Waals surface area contributed by atoms with Crippen LogP contribution in [0.4, 0.5) is 8.78 Å². The highest BCUT2D eigenvalue weighted by Crippen LogP contribution is 2.43. The van der Waals surface area contributed by atoms with Crippen molar-refractivity contribution in [3.8, 4) is 6.07 Å². The maximum atomic E-state index is 13.6. The second-order valence-electron chi connectivity index (χ2n) is 7.53. The second-order valence-corrected chi connectivity index (χ2v) is 7.53. The Kier molecular flexibility index (Phi) is 4.01. The van der Waals surface area contributed by atoms with Gasteiger partial charge in [-0.25, -0.2) is 28.2 Å². The van der Waals surface area contributed by atoms with Crippen molar-refractivity contribution in [2.45, 2.75) is 43.7 Å². The lowest BCUT2D eigenvalue weighted by molar-refractivity contribution is 0.233. The maximum absolute atomic E-state index is 13.6. The number of aromatic nitrogens is 5. The van der Waals surface area contributed by atoms with E-state index in [1.807, 2.05) is 6.07 Å². The summed E-state index contributed by atoms with van der Waals surface area (Å²) in [6.07, 6.45) is 3.93. The van der Waals surface area contributed by atoms with Gasteiger partial charge in [0, 0.05) is 24.1 Å². The molecule has 1 aliphatic heterocycles. The predicted octanol–water partition coefficient (Wildman–Crippen LogP) is 2.64. The van der Waals surface area contributed by atoms with Gasteiger partial charge >= 0.3 is 5.69 Å². The first-order valence-corrected chi connectivity index (χ1v) is 9.41. The molecule has 0 bridgehead atoms. The van der Waals surface area contributed by atoms with Crippen molar-refractivity contribution in [2.75, 3.05) is 0 Å². The molecule has 0 saturated heterocycles. The van der Waals surface area contributed by atoms with Gasteiger partial charge in [0.05, 0.1) is 12.1 Å². The molecule has 0 radical (unpaired) electrons. The van der Waals surface area contributed by atoms with Crippen LogP contribution in [-0.4, -0.2) is 24.3 Å². The van der Waals surface area contributed by atoms with Crippen molar-refractivity contribution in [1.29, 1.82) is 5.26 Å². The minimum atomic E-state index is -0.655. The molecule has 2 aliphatic rings. The van der Waals surface area contributed by atoms with Crippen LogP contribution >= 0.6 is 0 Å². The Morgan fingerprint density at radius 2 is 1.86 bits per heavy atom. The molecule has 0 unspecified atom stereocenters. The maximum Gasteiger partial charge on any atom is 0.346 e. The number of nitriles is 1. The molecule has 146 valence electrons. The molecular formula is C20H16F2N6O. The van der Waals surface area contributed by atoms with Crippen LogP contribution in [0.25, 0.3) is 0 Å². The number of nitrogens with zero attached hydrogens (tertiary/aromatic N) is 6. The summed E-state index contributed by atoms with van der Waals surface area (Å²) < 4.78 is 30.3. The number of aryl methyl sites for hydroxylation is 1. The van der Waals surface area contributed by atoms with Crippen molar-refractivity contribution in [2.24, 2.45) is 0 Å². The average molecular weight is 394 g/mol. The van der Waals surface area contributed by atoms with Crippen molar-refractivity contribution >= 4 is 0 Å². The van der Waals surface area contributed by atoms with E-state index in [0.29, 0.717) is 42.8 Å². The van der Waals surface area contributed by atoms with Crippen LogP contribution in [0.3, 0.4) is 0 Å². The first-order chi connectivity index (χ1) is 14.0. The molecule has 0 N–H and O–H groups in total. The van der Waals surface area contributed by atoms with Crippen molar-refractivity contribution in [3.63, 3.8) is 0 Å². The van der Waals surface area contributed by atoms with E-state index in [1.54, 1.807) is 10.6 Å². The molecule has 2 aromatic heterocycles. The summed E-state index contributed by atoms with van der Waals surface area (Å²) in [5.74, 6) is -0.525. The third-order valence-electron chi connectivity index (χ3n) is 5.81. The zero-order chi connectivity index (χ0) is 20.1. The molecule has 3 heterocycles. The van der Waals surface area contributed by atoms with Crippen LogP contribution < -0.4 is 5.69 Å². The minimum Gasteiger partial charge on any atom is -0.271 e. The topological polar surface area (TPSA) is 89.4 Å². The van der Waals surface area contributed by atoms with Gasteiger partial charge in [-0.05, 0) is 43.0 Å². The fourth-order valence-electron chi connectivity index (χ4n) is 4.32. The Hall–Kier alpha value is -3.41. The van der Waals surface area contributed by atoms with Gasteiger partial charge in [0.2, 0.25) is 0 Å². The SMILES string of the molecule is N#Cc1cc(C2CC(n3nc4n(c3=O)[C@H](c3cc(F)cc(F)c3)CC4)C2)ncn1. The summed E-state index contributed by atoms with van der Waals surface area (Å²) in [5.41, 5.74) is 1.30. The lowest BCUT2D eigenvalue weighted by atomic mass is 9.78. The fraction of sp³-hybridized carbons (Fsp3) is 0.350. The highest BCUT2D eigenvalue weighted by atomic mass is 19.1. The predicted molar refractivity (Wildman–Crippen MR) is 97.1 cm³/mol. The number of fused-ring (bicyclic) bond motifs is 1. The summed E-state index contributed by atoms with van der Waals surface area (Å²) in [5, 5.41) is 13.5. The number of hydrogen-bond donors (Lipinski definition) is 0. The van der Waals surface area contributed by atoms with Crippen LogP contribution in [-0.2, 0) is 6.42 Å². The molecule has 7 nitrogen and oxygen atoms in total. The van der Waals surface area contributed by atoms with Gasteiger partial charge in [-0.15, -0.1) is 0 Å². The van der Waals surface area contributed by atoms with Gasteiger partial charge < -0.3 is 0 Å². The van der Waals surface area contributed by atoms with Crippen LogP contribution in [0.1, 0.15) is 60.0 Å². The highest BCUT2D eigenvalue weighted by molar-refractivity contribution is 5.26. The van der Waals surface area contributed by atoms with E-state index >= 15 is 0 Å². The summed E-state index contributed by atoms with van der Waals surface area (Å²) in [7, 11) is 0. The van der Waals surface area contributed by atoms with E-state index < -0.39 is 17.7 Å². The molecule has 9 heteroatoms. The van der Waals surface area contributed by atoms with Crippen LogP contribution in [0.5, 0.6) is 0 Å². The molecule has 29 heavy (non-hydrogen) atoms. The molecule has 1 saturated carbocycles. The number of benzene rings is 1. The van der Waals surface area contributed by atoms with Gasteiger partial charge in [-0.1, -0.05) is 0 Å². The summed E-state index contributed by atoms with van der Waals surface area (Å²) in [4.78, 5) is 21.1. The number of rotatable bonds is 3. The van der Waals surface area contributed by atoms with Crippen LogP contribution in [0.2, 0.25) is 0 Å². The zero-order valence-electron chi connectivity index (χ0n) is 15.3. The Labute approximate surface area is 164 Å². The largest absolute Gasteiger partial charge is 0.346 e. The lowest BCUT2D eigenvalue weighted by Gasteiger charge is -2.34. The lowest BCUT2D eigenvalue weighted by Crippen LogP contribution is -2.35. The van der Waals surface area contributed by atoms with Crippen LogP contribution in [0.15, 0.2) is 35.4 Å². The molecule has 0 amide bonds. The molecule has 1 atom stereocenters. The van der Waals surface area contributed by atoms with Gasteiger partial charge in [-0.3, -0.25) is 4.57 Å². The Morgan fingerprint density at radius 3 is 2.59 bits per heavy atom. The molecule has 1 aliphatic carbocycles. The smallest absolute Gasteiger partial charge is 0.271 e. The van der Waals surface area contributed by atoms with E-state index in [4.69, 9.17) is 5.26 Å². The van der Waals surface area contributed by atoms with Gasteiger partial charge in [-0.2, -0.15) is 10.4 Å². The van der Waals surface area contributed by atoms with Gasteiger partial charge in [0.15, 0.2) is 0 Å².